The van der Waals surface area contributed by atoms with Crippen LogP contribution in [0.3, 0.4) is 0 Å². The van der Waals surface area contributed by atoms with Crippen molar-refractivity contribution in [2.45, 2.75) is 44.4 Å². The van der Waals surface area contributed by atoms with Gasteiger partial charge in [-0.25, -0.2) is 0 Å². The molecule has 1 aromatic heterocycles. The van der Waals surface area contributed by atoms with Crippen LogP contribution in [0.5, 0.6) is 28.7 Å². The van der Waals surface area contributed by atoms with Gasteiger partial charge in [-0.1, -0.05) is 0 Å². The number of ether oxygens (including phenoxy) is 5. The lowest BCUT2D eigenvalue weighted by molar-refractivity contribution is -0.128. The average Bonchev–Trinajstić information content (AvgIpc) is 3.90. The van der Waals surface area contributed by atoms with E-state index >= 15 is 0 Å². The Labute approximate surface area is 270 Å². The summed E-state index contributed by atoms with van der Waals surface area (Å²) in [5, 5.41) is 18.2. The number of likely N-dealkylation sites (tertiary alicyclic amines) is 2. The van der Waals surface area contributed by atoms with Crippen LogP contribution < -0.4 is 23.7 Å². The van der Waals surface area contributed by atoms with Gasteiger partial charge in [0.05, 0.1) is 42.2 Å². The van der Waals surface area contributed by atoms with Gasteiger partial charge in [-0.2, -0.15) is 0 Å². The van der Waals surface area contributed by atoms with Gasteiger partial charge >= 0.3 is 0 Å². The Hall–Kier alpha value is -5.18. The van der Waals surface area contributed by atoms with Crippen LogP contribution in [0.4, 0.5) is 0 Å². The number of aliphatic hydroxyl groups excluding tert-OH is 1. The number of Topliss-reactive ketones (excluding diaryl/α,β-unsaturated/α-hetero) is 2. The zero-order chi connectivity index (χ0) is 33.8. The molecular weight excluding hydrogens is 616 g/mol. The number of aliphatic hydroxyl groups is 1. The number of rotatable bonds is 12. The highest BCUT2D eigenvalue weighted by atomic mass is 16.5. The minimum absolute atomic E-state index is 0.0328. The maximum absolute atomic E-state index is 13.5. The monoisotopic (exact) mass is 652 g/mol. The lowest BCUT2D eigenvalue weighted by Gasteiger charge is -2.23. The Morgan fingerprint density at radius 2 is 1.13 bits per heavy atom. The predicted octanol–water partition coefficient (Wildman–Crippen LogP) is 2.70. The second-order valence-electron chi connectivity index (χ2n) is 10.9. The van der Waals surface area contributed by atoms with Crippen LogP contribution in [-0.4, -0.2) is 97.1 Å². The van der Waals surface area contributed by atoms with E-state index in [1.165, 1.54) is 69.6 Å². The summed E-state index contributed by atoms with van der Waals surface area (Å²) in [5.74, 6) is -1.65. The van der Waals surface area contributed by atoms with Crippen LogP contribution in [0.25, 0.3) is 0 Å². The van der Waals surface area contributed by atoms with Gasteiger partial charge in [-0.3, -0.25) is 19.2 Å². The van der Waals surface area contributed by atoms with Gasteiger partial charge in [0.2, 0.25) is 17.5 Å². The molecule has 0 aliphatic carbocycles. The van der Waals surface area contributed by atoms with Crippen molar-refractivity contribution in [1.82, 2.24) is 20.0 Å². The predicted molar refractivity (Wildman–Crippen MR) is 162 cm³/mol. The quantitative estimate of drug-likeness (QED) is 0.223. The Kier molecular flexibility index (Phi) is 9.94. The topological polar surface area (TPSA) is 180 Å². The largest absolute Gasteiger partial charge is 0.493 e. The van der Waals surface area contributed by atoms with E-state index < -0.39 is 42.1 Å². The van der Waals surface area contributed by atoms with Crippen LogP contribution in [0.2, 0.25) is 0 Å². The molecule has 3 heterocycles. The third-order valence-electron chi connectivity index (χ3n) is 8.36. The first kappa shape index (κ1) is 33.2. The van der Waals surface area contributed by atoms with Gasteiger partial charge in [0.1, 0.15) is 12.1 Å². The number of amides is 2. The van der Waals surface area contributed by atoms with Crippen molar-refractivity contribution in [3.05, 3.63) is 52.7 Å². The third-order valence-corrected chi connectivity index (χ3v) is 8.36. The fourth-order valence-corrected chi connectivity index (χ4v) is 6.06. The summed E-state index contributed by atoms with van der Waals surface area (Å²) in [6.45, 7) is 0.145. The lowest BCUT2D eigenvalue weighted by atomic mass is 10.0. The van der Waals surface area contributed by atoms with Crippen LogP contribution in [0.1, 0.15) is 75.8 Å². The molecule has 0 bridgehead atoms. The number of aromatic nitrogens is 2. The zero-order valence-electron chi connectivity index (χ0n) is 26.7. The second kappa shape index (κ2) is 14.1. The van der Waals surface area contributed by atoms with Gasteiger partial charge in [0, 0.05) is 29.8 Å². The molecule has 2 aliphatic heterocycles. The molecule has 0 radical (unpaired) electrons. The molecular formula is C32H36N4O11. The molecule has 1 unspecified atom stereocenters. The summed E-state index contributed by atoms with van der Waals surface area (Å²) < 4.78 is 32.6. The molecule has 1 N–H and O–H groups in total. The Morgan fingerprint density at radius 1 is 0.702 bits per heavy atom. The number of ketones is 2. The molecule has 0 spiro atoms. The summed E-state index contributed by atoms with van der Waals surface area (Å²) in [6, 6.07) is 4.28. The number of hydrogen-bond acceptors (Lipinski definition) is 13. The van der Waals surface area contributed by atoms with E-state index in [0.29, 0.717) is 37.8 Å². The first-order valence-corrected chi connectivity index (χ1v) is 14.9. The lowest BCUT2D eigenvalue weighted by Crippen LogP contribution is -2.36. The minimum Gasteiger partial charge on any atom is -0.493 e. The SMILES string of the molecule is COc1cc(C(=O)C(=O)N2CCC[C@H]2c2nnc(C3CCCN3C(=O)C(=O)c3cc(OC)c(OC)c(OC)c3)o2)cc(CO)c1OC. The van der Waals surface area contributed by atoms with Crippen LogP contribution >= 0.6 is 0 Å². The number of methoxy groups -OCH3 is 5. The van der Waals surface area contributed by atoms with E-state index in [0.717, 1.165) is 0 Å². The van der Waals surface area contributed by atoms with Gasteiger partial charge in [-0.05, 0) is 49.9 Å². The van der Waals surface area contributed by atoms with Gasteiger partial charge in [-0.15, -0.1) is 10.2 Å². The van der Waals surface area contributed by atoms with Crippen molar-refractivity contribution in [1.29, 1.82) is 0 Å². The summed E-state index contributed by atoms with van der Waals surface area (Å²) >= 11 is 0. The molecule has 15 nitrogen and oxygen atoms in total. The highest BCUT2D eigenvalue weighted by molar-refractivity contribution is 6.43. The van der Waals surface area contributed by atoms with Gasteiger partial charge in [0.15, 0.2) is 23.0 Å². The maximum atomic E-state index is 13.5. The van der Waals surface area contributed by atoms with E-state index in [1.54, 1.807) is 0 Å². The molecule has 15 heteroatoms. The third kappa shape index (κ3) is 6.17. The van der Waals surface area contributed by atoms with Crippen molar-refractivity contribution in [2.75, 3.05) is 48.6 Å². The normalized spacial score (nSPS) is 17.4. The molecule has 250 valence electrons. The molecule has 2 saturated heterocycles. The van der Waals surface area contributed by atoms with E-state index in [9.17, 15) is 24.3 Å². The molecule has 47 heavy (non-hydrogen) atoms. The van der Waals surface area contributed by atoms with Crippen LogP contribution in [0, 0.1) is 0 Å². The summed E-state index contributed by atoms with van der Waals surface area (Å²) in [7, 11) is 7.06. The van der Waals surface area contributed by atoms with Crippen LogP contribution in [-0.2, 0) is 16.2 Å². The smallest absolute Gasteiger partial charge is 0.295 e. The molecule has 0 saturated carbocycles. The van der Waals surface area contributed by atoms with Crippen molar-refractivity contribution >= 4 is 23.4 Å². The van der Waals surface area contributed by atoms with Crippen molar-refractivity contribution in [3.8, 4) is 28.7 Å². The van der Waals surface area contributed by atoms with E-state index in [1.807, 2.05) is 0 Å². The zero-order valence-corrected chi connectivity index (χ0v) is 26.7. The number of carbonyl (C=O) groups excluding carboxylic acids is 4. The fourth-order valence-electron chi connectivity index (χ4n) is 6.06. The Morgan fingerprint density at radius 3 is 1.53 bits per heavy atom. The molecule has 2 aliphatic rings. The molecule has 5 rings (SSSR count). The Balaban J connectivity index is 1.34. The van der Waals surface area contributed by atoms with Gasteiger partial charge < -0.3 is 43.0 Å². The Bertz CT molecular complexity index is 1520. The highest BCUT2D eigenvalue weighted by Gasteiger charge is 2.41. The fraction of sp³-hybridized carbons (Fsp3) is 0.438. The standard InChI is InChI=1S/C32H36N4O11/c1-42-22-13-17(12-19(16-37)27(22)45-4)25(38)31(40)35-10-6-8-20(35)29-33-34-30(47-29)21-9-7-11-36(21)32(41)26(39)18-14-23(43-2)28(46-5)24(15-18)44-3/h12-15,20-21,37H,6-11,16H2,1-5H3/t20-,21?/m0/s1. The highest BCUT2D eigenvalue weighted by Crippen LogP contribution is 2.40. The average molecular weight is 653 g/mol. The summed E-state index contributed by atoms with van der Waals surface area (Å²) in [6.07, 6.45) is 2.14. The van der Waals surface area contributed by atoms with Crippen LogP contribution in [0.15, 0.2) is 28.7 Å². The first-order valence-electron chi connectivity index (χ1n) is 14.9. The van der Waals surface area contributed by atoms with E-state index in [-0.39, 0.29) is 58.2 Å². The number of hydrogen-bond donors (Lipinski definition) is 1. The molecule has 2 fully saturated rings. The number of benzene rings is 2. The van der Waals surface area contributed by atoms with Crippen molar-refractivity contribution < 1.29 is 52.4 Å². The molecule has 3 aromatic rings. The van der Waals surface area contributed by atoms with E-state index in [4.69, 9.17) is 28.1 Å². The maximum Gasteiger partial charge on any atom is 0.295 e. The van der Waals surface area contributed by atoms with Crippen molar-refractivity contribution in [2.24, 2.45) is 0 Å². The second-order valence-corrected chi connectivity index (χ2v) is 10.9. The molecule has 2 aromatic carbocycles. The first-order chi connectivity index (χ1) is 22.7. The molecule has 2 amide bonds. The number of carbonyl (C=O) groups is 4. The molecule has 2 atom stereocenters. The van der Waals surface area contributed by atoms with Gasteiger partial charge in [0.25, 0.3) is 23.4 Å². The minimum atomic E-state index is -0.801. The number of nitrogens with zero attached hydrogens (tertiary/aromatic N) is 4. The summed E-state index contributed by atoms with van der Waals surface area (Å²) in [4.78, 5) is 56.4. The summed E-state index contributed by atoms with van der Waals surface area (Å²) in [5.41, 5.74) is 0.388. The van der Waals surface area contributed by atoms with E-state index in [2.05, 4.69) is 10.2 Å². The van der Waals surface area contributed by atoms with Crippen molar-refractivity contribution in [3.63, 3.8) is 0 Å².